The maximum absolute atomic E-state index is 12.2. The summed E-state index contributed by atoms with van der Waals surface area (Å²) in [5.74, 6) is -1.11. The number of nitrogens with zero attached hydrogens (tertiary/aromatic N) is 2. The molecule has 8 heteroatoms. The zero-order valence-corrected chi connectivity index (χ0v) is 14.5. The summed E-state index contributed by atoms with van der Waals surface area (Å²) < 4.78 is 7.40. The SMILES string of the molecule is CC(Oc1ccc(C(=O)/C=C/c2cn(C)c(=O)n(C)c2=O)cc1)C(=O)O. The van der Waals surface area contributed by atoms with Crippen LogP contribution in [0.25, 0.3) is 6.08 Å². The molecule has 0 fully saturated rings. The summed E-state index contributed by atoms with van der Waals surface area (Å²) in [5, 5.41) is 8.81. The number of aryl methyl sites for hydroxylation is 1. The Balaban J connectivity index is 2.18. The number of ether oxygens (including phenoxy) is 1. The molecule has 1 atom stereocenters. The number of aromatic nitrogens is 2. The van der Waals surface area contributed by atoms with Crippen LogP contribution in [0.1, 0.15) is 22.8 Å². The summed E-state index contributed by atoms with van der Waals surface area (Å²) in [7, 11) is 2.87. The van der Waals surface area contributed by atoms with Crippen molar-refractivity contribution in [3.05, 3.63) is 68.5 Å². The molecule has 2 aromatic rings. The molecule has 0 spiro atoms. The van der Waals surface area contributed by atoms with E-state index >= 15 is 0 Å². The van der Waals surface area contributed by atoms with Gasteiger partial charge in [-0.3, -0.25) is 14.2 Å². The first-order valence-electron chi connectivity index (χ1n) is 7.69. The van der Waals surface area contributed by atoms with E-state index in [1.807, 2.05) is 0 Å². The van der Waals surface area contributed by atoms with Crippen LogP contribution < -0.4 is 16.0 Å². The van der Waals surface area contributed by atoms with Gasteiger partial charge >= 0.3 is 11.7 Å². The number of rotatable bonds is 6. The smallest absolute Gasteiger partial charge is 0.344 e. The fraction of sp³-hybridized carbons (Fsp3) is 0.222. The highest BCUT2D eigenvalue weighted by Crippen LogP contribution is 2.15. The Morgan fingerprint density at radius 2 is 1.77 bits per heavy atom. The van der Waals surface area contributed by atoms with Crippen LogP contribution in [0.15, 0.2) is 46.1 Å². The molecule has 1 aromatic heterocycles. The molecule has 1 unspecified atom stereocenters. The van der Waals surface area contributed by atoms with Crippen LogP contribution in [0.2, 0.25) is 0 Å². The van der Waals surface area contributed by atoms with Gasteiger partial charge in [-0.2, -0.15) is 0 Å². The molecule has 0 bridgehead atoms. The average Bonchev–Trinajstić information content (AvgIpc) is 2.62. The Hall–Kier alpha value is -3.42. The molecule has 2 rings (SSSR count). The number of ketones is 1. The molecular weight excluding hydrogens is 340 g/mol. The number of carboxylic acid groups (broad SMARTS) is 1. The molecule has 8 nitrogen and oxygen atoms in total. The van der Waals surface area contributed by atoms with E-state index in [1.165, 1.54) is 68.2 Å². The lowest BCUT2D eigenvalue weighted by atomic mass is 10.1. The average molecular weight is 358 g/mol. The van der Waals surface area contributed by atoms with Crippen LogP contribution in [-0.4, -0.2) is 32.1 Å². The second kappa shape index (κ2) is 7.64. The lowest BCUT2D eigenvalue weighted by molar-refractivity contribution is -0.144. The van der Waals surface area contributed by atoms with E-state index in [-0.39, 0.29) is 11.3 Å². The minimum Gasteiger partial charge on any atom is -0.479 e. The number of hydrogen-bond acceptors (Lipinski definition) is 5. The van der Waals surface area contributed by atoms with E-state index in [0.717, 1.165) is 4.57 Å². The molecule has 1 heterocycles. The Morgan fingerprint density at radius 3 is 2.35 bits per heavy atom. The largest absolute Gasteiger partial charge is 0.479 e. The number of allylic oxidation sites excluding steroid dienone is 1. The molecule has 0 amide bonds. The quantitative estimate of drug-likeness (QED) is 0.605. The van der Waals surface area contributed by atoms with Gasteiger partial charge < -0.3 is 14.4 Å². The standard InChI is InChI=1S/C18H18N2O6/c1-11(17(23)24)26-14-7-4-12(5-8-14)15(21)9-6-13-10-19(2)18(25)20(3)16(13)22/h4-11H,1-3H3,(H,23,24)/b9-6+. The van der Waals surface area contributed by atoms with Crippen LogP contribution in [0.4, 0.5) is 0 Å². The lowest BCUT2D eigenvalue weighted by Crippen LogP contribution is -2.37. The van der Waals surface area contributed by atoms with Crippen LogP contribution in [0.5, 0.6) is 5.75 Å². The molecule has 0 saturated carbocycles. The molecule has 1 aromatic carbocycles. The van der Waals surface area contributed by atoms with E-state index in [1.54, 1.807) is 0 Å². The number of benzene rings is 1. The zero-order valence-electron chi connectivity index (χ0n) is 14.5. The zero-order chi connectivity index (χ0) is 19.4. The monoisotopic (exact) mass is 358 g/mol. The van der Waals surface area contributed by atoms with Crippen LogP contribution in [-0.2, 0) is 18.9 Å². The molecular formula is C18H18N2O6. The molecule has 136 valence electrons. The van der Waals surface area contributed by atoms with E-state index in [0.29, 0.717) is 11.3 Å². The topological polar surface area (TPSA) is 108 Å². The van der Waals surface area contributed by atoms with Gasteiger partial charge in [-0.25, -0.2) is 9.59 Å². The highest BCUT2D eigenvalue weighted by molar-refractivity contribution is 6.06. The van der Waals surface area contributed by atoms with Gasteiger partial charge in [-0.05, 0) is 43.3 Å². The van der Waals surface area contributed by atoms with Crippen molar-refractivity contribution in [2.45, 2.75) is 13.0 Å². The second-order valence-corrected chi connectivity index (χ2v) is 5.66. The summed E-state index contributed by atoms with van der Waals surface area (Å²) in [6.07, 6.45) is 2.94. The van der Waals surface area contributed by atoms with Crippen molar-refractivity contribution in [1.29, 1.82) is 0 Å². The minimum atomic E-state index is -1.09. The van der Waals surface area contributed by atoms with Crippen molar-refractivity contribution >= 4 is 17.8 Å². The predicted molar refractivity (Wildman–Crippen MR) is 94.5 cm³/mol. The van der Waals surface area contributed by atoms with Crippen molar-refractivity contribution < 1.29 is 19.4 Å². The first-order valence-corrected chi connectivity index (χ1v) is 7.69. The van der Waals surface area contributed by atoms with Gasteiger partial charge in [-0.1, -0.05) is 0 Å². The van der Waals surface area contributed by atoms with E-state index in [2.05, 4.69) is 0 Å². The third kappa shape index (κ3) is 4.15. The first-order chi connectivity index (χ1) is 12.2. The van der Waals surface area contributed by atoms with Gasteiger partial charge in [0.05, 0.1) is 5.56 Å². The van der Waals surface area contributed by atoms with Gasteiger partial charge in [0.1, 0.15) is 5.75 Å². The normalized spacial score (nSPS) is 12.1. The fourth-order valence-electron chi connectivity index (χ4n) is 2.16. The Kier molecular flexibility index (Phi) is 5.56. The molecule has 0 saturated heterocycles. The van der Waals surface area contributed by atoms with Crippen LogP contribution in [0, 0.1) is 0 Å². The fourth-order valence-corrected chi connectivity index (χ4v) is 2.16. The third-order valence-corrected chi connectivity index (χ3v) is 3.69. The van der Waals surface area contributed by atoms with Crippen molar-refractivity contribution in [2.24, 2.45) is 14.1 Å². The minimum absolute atomic E-state index is 0.207. The van der Waals surface area contributed by atoms with Crippen LogP contribution >= 0.6 is 0 Å². The highest BCUT2D eigenvalue weighted by Gasteiger charge is 2.12. The number of carbonyl (C=O) groups excluding carboxylic acids is 1. The first kappa shape index (κ1) is 18.9. The highest BCUT2D eigenvalue weighted by atomic mass is 16.5. The van der Waals surface area contributed by atoms with Gasteiger partial charge in [0.15, 0.2) is 11.9 Å². The molecule has 0 aliphatic heterocycles. The maximum Gasteiger partial charge on any atom is 0.344 e. The van der Waals surface area contributed by atoms with Gasteiger partial charge in [0, 0.05) is 25.9 Å². The summed E-state index contributed by atoms with van der Waals surface area (Å²) in [6, 6.07) is 5.97. The molecule has 0 aliphatic rings. The summed E-state index contributed by atoms with van der Waals surface area (Å²) in [6.45, 7) is 1.40. The maximum atomic E-state index is 12.2. The van der Waals surface area contributed by atoms with Crippen molar-refractivity contribution in [3.8, 4) is 5.75 Å². The molecule has 0 aliphatic carbocycles. The lowest BCUT2D eigenvalue weighted by Gasteiger charge is -2.10. The Bertz CT molecular complexity index is 982. The van der Waals surface area contributed by atoms with Crippen molar-refractivity contribution in [2.75, 3.05) is 0 Å². The van der Waals surface area contributed by atoms with Crippen molar-refractivity contribution in [3.63, 3.8) is 0 Å². The van der Waals surface area contributed by atoms with Gasteiger partial charge in [-0.15, -0.1) is 0 Å². The third-order valence-electron chi connectivity index (χ3n) is 3.69. The number of hydrogen-bond donors (Lipinski definition) is 1. The molecule has 0 radical (unpaired) electrons. The van der Waals surface area contributed by atoms with E-state index in [9.17, 15) is 19.2 Å². The number of aliphatic carboxylic acids is 1. The molecule has 26 heavy (non-hydrogen) atoms. The summed E-state index contributed by atoms with van der Waals surface area (Å²) in [5.41, 5.74) is -0.399. The predicted octanol–water partition coefficient (Wildman–Crippen LogP) is 0.832. The van der Waals surface area contributed by atoms with Gasteiger partial charge in [0.25, 0.3) is 5.56 Å². The summed E-state index contributed by atoms with van der Waals surface area (Å²) >= 11 is 0. The van der Waals surface area contributed by atoms with E-state index < -0.39 is 23.3 Å². The van der Waals surface area contributed by atoms with Gasteiger partial charge in [0.2, 0.25) is 0 Å². The Morgan fingerprint density at radius 1 is 1.15 bits per heavy atom. The van der Waals surface area contributed by atoms with E-state index in [4.69, 9.17) is 9.84 Å². The Labute approximate surface area is 148 Å². The molecule has 1 N–H and O–H groups in total. The van der Waals surface area contributed by atoms with Crippen molar-refractivity contribution in [1.82, 2.24) is 9.13 Å². The second-order valence-electron chi connectivity index (χ2n) is 5.66. The number of carbonyl (C=O) groups is 2. The number of carboxylic acids is 1. The van der Waals surface area contributed by atoms with Crippen LogP contribution in [0.3, 0.4) is 0 Å². The summed E-state index contributed by atoms with van der Waals surface area (Å²) in [4.78, 5) is 46.6.